The van der Waals surface area contributed by atoms with Crippen LogP contribution >= 0.6 is 0 Å². The van der Waals surface area contributed by atoms with Crippen LogP contribution in [0.15, 0.2) is 30.3 Å². The first-order valence-corrected chi connectivity index (χ1v) is 5.04. The summed E-state index contributed by atoms with van der Waals surface area (Å²) < 4.78 is 0. The molecule has 13 heavy (non-hydrogen) atoms. The molecule has 1 heteroatoms. The molecule has 0 radical (unpaired) electrons. The van der Waals surface area contributed by atoms with E-state index in [2.05, 4.69) is 44.2 Å². The summed E-state index contributed by atoms with van der Waals surface area (Å²) in [5, 5.41) is 0. The fourth-order valence-electron chi connectivity index (χ4n) is 1.71. The van der Waals surface area contributed by atoms with E-state index in [0.717, 1.165) is 6.42 Å². The Balaban J connectivity index is 2.67. The summed E-state index contributed by atoms with van der Waals surface area (Å²) in [6.07, 6.45) is 2.26. The van der Waals surface area contributed by atoms with Gasteiger partial charge in [0.2, 0.25) is 0 Å². The number of nitrogens with two attached hydrogens (primary N) is 1. The highest BCUT2D eigenvalue weighted by Crippen LogP contribution is 2.23. The van der Waals surface area contributed by atoms with Crippen LogP contribution < -0.4 is 5.73 Å². The topological polar surface area (TPSA) is 26.0 Å². The Bertz CT molecular complexity index is 228. The monoisotopic (exact) mass is 177 g/mol. The molecule has 72 valence electrons. The van der Waals surface area contributed by atoms with Gasteiger partial charge in [-0.2, -0.15) is 0 Å². The van der Waals surface area contributed by atoms with Gasteiger partial charge in [-0.1, -0.05) is 37.3 Å². The first-order valence-electron chi connectivity index (χ1n) is 5.04. The van der Waals surface area contributed by atoms with Crippen molar-refractivity contribution in [2.45, 2.75) is 38.6 Å². The highest BCUT2D eigenvalue weighted by atomic mass is 14.6. The maximum absolute atomic E-state index is 5.81. The first kappa shape index (κ1) is 10.3. The zero-order valence-electron chi connectivity index (χ0n) is 8.53. The molecular weight excluding hydrogens is 158 g/mol. The summed E-state index contributed by atoms with van der Waals surface area (Å²) in [6.45, 7) is 4.30. The standard InChI is InChI=1S/C12H19N/c1-3-11(9-10(2)13)12-7-5-4-6-8-12/h4-8,10-11H,3,9,13H2,1-2H3/t10-,11-/m1/s1. The van der Waals surface area contributed by atoms with Gasteiger partial charge < -0.3 is 5.73 Å². The average molecular weight is 177 g/mol. The molecule has 0 saturated carbocycles. The van der Waals surface area contributed by atoms with Crippen LogP contribution in [-0.2, 0) is 0 Å². The minimum Gasteiger partial charge on any atom is -0.328 e. The summed E-state index contributed by atoms with van der Waals surface area (Å²) in [7, 11) is 0. The van der Waals surface area contributed by atoms with Crippen LogP contribution in [0.5, 0.6) is 0 Å². The van der Waals surface area contributed by atoms with Gasteiger partial charge in [0.25, 0.3) is 0 Å². The number of hydrogen-bond donors (Lipinski definition) is 1. The lowest BCUT2D eigenvalue weighted by Gasteiger charge is -2.17. The van der Waals surface area contributed by atoms with E-state index in [1.54, 1.807) is 0 Å². The van der Waals surface area contributed by atoms with Gasteiger partial charge in [0.1, 0.15) is 0 Å². The van der Waals surface area contributed by atoms with Crippen molar-refractivity contribution >= 4 is 0 Å². The lowest BCUT2D eigenvalue weighted by Crippen LogP contribution is -2.18. The minimum atomic E-state index is 0.296. The molecular formula is C12H19N. The van der Waals surface area contributed by atoms with Crippen molar-refractivity contribution in [3.8, 4) is 0 Å². The lowest BCUT2D eigenvalue weighted by molar-refractivity contribution is 0.540. The highest BCUT2D eigenvalue weighted by molar-refractivity contribution is 5.19. The third-order valence-electron chi connectivity index (χ3n) is 2.42. The van der Waals surface area contributed by atoms with Crippen LogP contribution in [0.25, 0.3) is 0 Å². The van der Waals surface area contributed by atoms with Gasteiger partial charge in [0.15, 0.2) is 0 Å². The van der Waals surface area contributed by atoms with Crippen LogP contribution in [-0.4, -0.2) is 6.04 Å². The third-order valence-corrected chi connectivity index (χ3v) is 2.42. The molecule has 1 nitrogen and oxygen atoms in total. The second-order valence-electron chi connectivity index (χ2n) is 3.73. The SMILES string of the molecule is CC[C@H](C[C@@H](C)N)c1ccccc1. The molecule has 1 aromatic carbocycles. The molecule has 2 N–H and O–H groups in total. The Hall–Kier alpha value is -0.820. The maximum Gasteiger partial charge on any atom is 0.00163 e. The zero-order chi connectivity index (χ0) is 9.68. The van der Waals surface area contributed by atoms with E-state index in [0.29, 0.717) is 12.0 Å². The van der Waals surface area contributed by atoms with Gasteiger partial charge >= 0.3 is 0 Å². The van der Waals surface area contributed by atoms with E-state index in [9.17, 15) is 0 Å². The van der Waals surface area contributed by atoms with Gasteiger partial charge in [-0.15, -0.1) is 0 Å². The second-order valence-corrected chi connectivity index (χ2v) is 3.73. The Kier molecular flexibility index (Phi) is 3.97. The average Bonchev–Trinajstić information content (AvgIpc) is 2.15. The third kappa shape index (κ3) is 3.19. The van der Waals surface area contributed by atoms with Gasteiger partial charge in [0, 0.05) is 6.04 Å². The number of benzene rings is 1. The summed E-state index contributed by atoms with van der Waals surface area (Å²) in [5.74, 6) is 0.626. The second kappa shape index (κ2) is 5.03. The molecule has 0 aromatic heterocycles. The zero-order valence-corrected chi connectivity index (χ0v) is 8.53. The van der Waals surface area contributed by atoms with Crippen molar-refractivity contribution in [3.05, 3.63) is 35.9 Å². The quantitative estimate of drug-likeness (QED) is 0.752. The minimum absolute atomic E-state index is 0.296. The summed E-state index contributed by atoms with van der Waals surface area (Å²) in [6, 6.07) is 10.9. The smallest absolute Gasteiger partial charge is 0.00163 e. The molecule has 0 unspecified atom stereocenters. The van der Waals surface area contributed by atoms with E-state index >= 15 is 0 Å². The van der Waals surface area contributed by atoms with Gasteiger partial charge in [-0.05, 0) is 31.2 Å². The first-order chi connectivity index (χ1) is 6.24. The van der Waals surface area contributed by atoms with Gasteiger partial charge in [-0.3, -0.25) is 0 Å². The van der Waals surface area contributed by atoms with Crippen molar-refractivity contribution in [1.29, 1.82) is 0 Å². The predicted octanol–water partition coefficient (Wildman–Crippen LogP) is 2.92. The van der Waals surface area contributed by atoms with E-state index < -0.39 is 0 Å². The van der Waals surface area contributed by atoms with Crippen molar-refractivity contribution in [2.75, 3.05) is 0 Å². The maximum atomic E-state index is 5.81. The Labute approximate surface area is 81.0 Å². The predicted molar refractivity (Wildman–Crippen MR) is 57.7 cm³/mol. The van der Waals surface area contributed by atoms with Crippen molar-refractivity contribution in [2.24, 2.45) is 5.73 Å². The van der Waals surface area contributed by atoms with Crippen molar-refractivity contribution in [1.82, 2.24) is 0 Å². The van der Waals surface area contributed by atoms with E-state index in [1.807, 2.05) is 0 Å². The molecule has 0 aliphatic rings. The fraction of sp³-hybridized carbons (Fsp3) is 0.500. The van der Waals surface area contributed by atoms with Crippen LogP contribution in [0.2, 0.25) is 0 Å². The van der Waals surface area contributed by atoms with Crippen LogP contribution in [0.4, 0.5) is 0 Å². The van der Waals surface area contributed by atoms with E-state index in [1.165, 1.54) is 12.0 Å². The molecule has 0 spiro atoms. The molecule has 0 heterocycles. The molecule has 0 saturated heterocycles. The Morgan fingerprint density at radius 2 is 1.85 bits per heavy atom. The van der Waals surface area contributed by atoms with Crippen LogP contribution in [0.1, 0.15) is 38.2 Å². The fourth-order valence-corrected chi connectivity index (χ4v) is 1.71. The molecule has 1 rings (SSSR count). The summed E-state index contributed by atoms with van der Waals surface area (Å²) >= 11 is 0. The van der Waals surface area contributed by atoms with Crippen molar-refractivity contribution in [3.63, 3.8) is 0 Å². The summed E-state index contributed by atoms with van der Waals surface area (Å²) in [5.41, 5.74) is 7.23. The molecule has 1 aromatic rings. The molecule has 2 atom stereocenters. The highest BCUT2D eigenvalue weighted by Gasteiger charge is 2.10. The van der Waals surface area contributed by atoms with E-state index in [-0.39, 0.29) is 0 Å². The molecule has 0 aliphatic carbocycles. The Morgan fingerprint density at radius 3 is 2.31 bits per heavy atom. The van der Waals surface area contributed by atoms with E-state index in [4.69, 9.17) is 5.73 Å². The van der Waals surface area contributed by atoms with Gasteiger partial charge in [-0.25, -0.2) is 0 Å². The molecule has 0 amide bonds. The normalized spacial score (nSPS) is 15.3. The number of hydrogen-bond acceptors (Lipinski definition) is 1. The molecule has 0 fully saturated rings. The van der Waals surface area contributed by atoms with Crippen molar-refractivity contribution < 1.29 is 0 Å². The number of rotatable bonds is 4. The Morgan fingerprint density at radius 1 is 1.23 bits per heavy atom. The van der Waals surface area contributed by atoms with Crippen LogP contribution in [0.3, 0.4) is 0 Å². The lowest BCUT2D eigenvalue weighted by atomic mass is 9.91. The largest absolute Gasteiger partial charge is 0.328 e. The molecule has 0 bridgehead atoms. The van der Waals surface area contributed by atoms with Crippen LogP contribution in [0, 0.1) is 0 Å². The molecule has 0 aliphatic heterocycles. The summed E-state index contributed by atoms with van der Waals surface area (Å²) in [4.78, 5) is 0. The van der Waals surface area contributed by atoms with Gasteiger partial charge in [0.05, 0.1) is 0 Å².